The summed E-state index contributed by atoms with van der Waals surface area (Å²) in [6, 6.07) is 5.36. The van der Waals surface area contributed by atoms with Crippen LogP contribution in [0.5, 0.6) is 0 Å². The number of fused-ring (bicyclic) bond motifs is 1. The van der Waals surface area contributed by atoms with Crippen molar-refractivity contribution in [1.82, 2.24) is 15.0 Å². The number of nitrogens with zero attached hydrogens (tertiary/aromatic N) is 3. The first-order valence-electron chi connectivity index (χ1n) is 5.42. The summed E-state index contributed by atoms with van der Waals surface area (Å²) in [5, 5.41) is 17.1. The predicted molar refractivity (Wildman–Crippen MR) is 65.5 cm³/mol. The van der Waals surface area contributed by atoms with E-state index in [0.717, 1.165) is 23.4 Å². The first-order chi connectivity index (χ1) is 8.25. The Morgan fingerprint density at radius 3 is 3.12 bits per heavy atom. The zero-order valence-corrected chi connectivity index (χ0v) is 9.85. The van der Waals surface area contributed by atoms with Crippen molar-refractivity contribution in [3.05, 3.63) is 23.8 Å². The summed E-state index contributed by atoms with van der Waals surface area (Å²) >= 11 is 1.91. The summed E-state index contributed by atoms with van der Waals surface area (Å²) < 4.78 is 1.92. The molecule has 1 unspecified atom stereocenters. The van der Waals surface area contributed by atoms with Gasteiger partial charge in [0.2, 0.25) is 0 Å². The summed E-state index contributed by atoms with van der Waals surface area (Å²) in [7, 11) is 0. The first-order valence-corrected chi connectivity index (χ1v) is 6.57. The lowest BCUT2D eigenvalue weighted by molar-refractivity contribution is 0.0697. The van der Waals surface area contributed by atoms with Crippen LogP contribution in [0.25, 0.3) is 11.0 Å². The van der Waals surface area contributed by atoms with Crippen LogP contribution in [0.3, 0.4) is 0 Å². The van der Waals surface area contributed by atoms with E-state index in [9.17, 15) is 4.79 Å². The molecule has 0 spiro atoms. The molecule has 6 heteroatoms. The Labute approximate surface area is 102 Å². The molecule has 1 aromatic heterocycles. The van der Waals surface area contributed by atoms with E-state index in [0.29, 0.717) is 11.6 Å². The molecule has 3 rings (SSSR count). The summed E-state index contributed by atoms with van der Waals surface area (Å²) in [6.45, 7) is 0. The topological polar surface area (TPSA) is 68.0 Å². The van der Waals surface area contributed by atoms with Gasteiger partial charge in [-0.1, -0.05) is 5.21 Å². The summed E-state index contributed by atoms with van der Waals surface area (Å²) in [5.74, 6) is 1.27. The zero-order valence-electron chi connectivity index (χ0n) is 9.04. The zero-order chi connectivity index (χ0) is 11.8. The molecular formula is C11H11N3O2S. The van der Waals surface area contributed by atoms with Gasteiger partial charge in [-0.15, -0.1) is 5.10 Å². The van der Waals surface area contributed by atoms with Crippen molar-refractivity contribution in [2.75, 3.05) is 11.5 Å². The van der Waals surface area contributed by atoms with Crippen LogP contribution in [0.1, 0.15) is 22.8 Å². The van der Waals surface area contributed by atoms with Gasteiger partial charge in [-0.2, -0.15) is 11.8 Å². The third kappa shape index (κ3) is 1.78. The van der Waals surface area contributed by atoms with Crippen molar-refractivity contribution < 1.29 is 9.90 Å². The minimum atomic E-state index is -0.933. The average molecular weight is 249 g/mol. The normalized spacial score (nSPS) is 19.9. The fourth-order valence-electron chi connectivity index (χ4n) is 2.06. The molecule has 1 atom stereocenters. The largest absolute Gasteiger partial charge is 0.478 e. The maximum Gasteiger partial charge on any atom is 0.335 e. The van der Waals surface area contributed by atoms with E-state index in [4.69, 9.17) is 5.11 Å². The number of aromatic carboxylic acids is 1. The van der Waals surface area contributed by atoms with Crippen LogP contribution in [0.4, 0.5) is 0 Å². The van der Waals surface area contributed by atoms with Gasteiger partial charge in [0.05, 0.1) is 17.1 Å². The van der Waals surface area contributed by atoms with Crippen molar-refractivity contribution in [3.63, 3.8) is 0 Å². The minimum absolute atomic E-state index is 0.255. The summed E-state index contributed by atoms with van der Waals surface area (Å²) in [5.41, 5.74) is 1.83. The van der Waals surface area contributed by atoms with E-state index >= 15 is 0 Å². The van der Waals surface area contributed by atoms with E-state index in [1.54, 1.807) is 18.2 Å². The second kappa shape index (κ2) is 4.03. The van der Waals surface area contributed by atoms with Crippen LogP contribution in [-0.2, 0) is 0 Å². The van der Waals surface area contributed by atoms with Gasteiger partial charge < -0.3 is 5.11 Å². The molecule has 88 valence electrons. The molecule has 1 aliphatic rings. The molecule has 1 fully saturated rings. The molecule has 2 aromatic rings. The van der Waals surface area contributed by atoms with E-state index in [2.05, 4.69) is 10.3 Å². The van der Waals surface area contributed by atoms with Crippen LogP contribution in [0, 0.1) is 0 Å². The second-order valence-corrected chi connectivity index (χ2v) is 5.21. The quantitative estimate of drug-likeness (QED) is 0.879. The summed E-state index contributed by atoms with van der Waals surface area (Å²) in [6.07, 6.45) is 1.10. The molecule has 1 saturated heterocycles. The first kappa shape index (κ1) is 10.6. The van der Waals surface area contributed by atoms with Gasteiger partial charge in [0.15, 0.2) is 0 Å². The molecule has 0 aliphatic carbocycles. The van der Waals surface area contributed by atoms with Crippen LogP contribution in [0.15, 0.2) is 18.2 Å². The lowest BCUT2D eigenvalue weighted by Crippen LogP contribution is -2.09. The third-order valence-corrected chi connectivity index (χ3v) is 4.11. The van der Waals surface area contributed by atoms with Crippen molar-refractivity contribution in [3.8, 4) is 0 Å². The maximum atomic E-state index is 10.8. The number of aromatic nitrogens is 3. The van der Waals surface area contributed by atoms with E-state index < -0.39 is 5.97 Å². The summed E-state index contributed by atoms with van der Waals surface area (Å²) in [4.78, 5) is 10.8. The van der Waals surface area contributed by atoms with Gasteiger partial charge in [-0.25, -0.2) is 9.48 Å². The highest BCUT2D eigenvalue weighted by Gasteiger charge is 2.20. The van der Waals surface area contributed by atoms with Gasteiger partial charge in [0, 0.05) is 5.75 Å². The van der Waals surface area contributed by atoms with Gasteiger partial charge in [0.1, 0.15) is 5.52 Å². The van der Waals surface area contributed by atoms with E-state index in [-0.39, 0.29) is 5.56 Å². The van der Waals surface area contributed by atoms with Crippen LogP contribution >= 0.6 is 11.8 Å². The van der Waals surface area contributed by atoms with Crippen LogP contribution < -0.4 is 0 Å². The van der Waals surface area contributed by atoms with Crippen molar-refractivity contribution in [2.45, 2.75) is 12.5 Å². The Morgan fingerprint density at radius 1 is 1.53 bits per heavy atom. The number of hydrogen-bond acceptors (Lipinski definition) is 4. The van der Waals surface area contributed by atoms with Crippen molar-refractivity contribution >= 4 is 28.8 Å². The average Bonchev–Trinajstić information content (AvgIpc) is 2.96. The SMILES string of the molecule is O=C(O)c1ccc2c(c1)nnn2C1CCSC1. The highest BCUT2D eigenvalue weighted by Crippen LogP contribution is 2.29. The standard InChI is InChI=1S/C11H11N3O2S/c15-11(16)7-1-2-10-9(5-7)12-13-14(10)8-3-4-17-6-8/h1-2,5,8H,3-4,6H2,(H,15,16). The molecule has 5 nitrogen and oxygen atoms in total. The number of carboxylic acid groups (broad SMARTS) is 1. The molecular weight excluding hydrogens is 238 g/mol. The Morgan fingerprint density at radius 2 is 2.41 bits per heavy atom. The molecule has 1 aromatic carbocycles. The van der Waals surface area contributed by atoms with Crippen LogP contribution in [0.2, 0.25) is 0 Å². The number of hydrogen-bond donors (Lipinski definition) is 1. The van der Waals surface area contributed by atoms with Gasteiger partial charge in [-0.3, -0.25) is 0 Å². The smallest absolute Gasteiger partial charge is 0.335 e. The second-order valence-electron chi connectivity index (χ2n) is 4.06. The number of carbonyl (C=O) groups is 1. The number of benzene rings is 1. The molecule has 0 radical (unpaired) electrons. The lowest BCUT2D eigenvalue weighted by atomic mass is 10.2. The molecule has 0 saturated carbocycles. The van der Waals surface area contributed by atoms with Crippen molar-refractivity contribution in [1.29, 1.82) is 0 Å². The van der Waals surface area contributed by atoms with Gasteiger partial charge in [-0.05, 0) is 30.4 Å². The number of rotatable bonds is 2. The lowest BCUT2D eigenvalue weighted by Gasteiger charge is -2.08. The molecule has 1 N–H and O–H groups in total. The maximum absolute atomic E-state index is 10.8. The number of carboxylic acids is 1. The molecule has 2 heterocycles. The highest BCUT2D eigenvalue weighted by molar-refractivity contribution is 7.99. The Bertz CT molecular complexity index is 575. The Hall–Kier alpha value is -1.56. The molecule has 1 aliphatic heterocycles. The minimum Gasteiger partial charge on any atom is -0.478 e. The van der Waals surface area contributed by atoms with Crippen LogP contribution in [-0.4, -0.2) is 37.6 Å². The molecule has 0 amide bonds. The predicted octanol–water partition coefficient (Wildman–Crippen LogP) is 1.81. The Balaban J connectivity index is 2.07. The monoisotopic (exact) mass is 249 g/mol. The molecule has 0 bridgehead atoms. The van der Waals surface area contributed by atoms with E-state index in [1.165, 1.54) is 0 Å². The molecule has 17 heavy (non-hydrogen) atoms. The van der Waals surface area contributed by atoms with Gasteiger partial charge in [0.25, 0.3) is 0 Å². The van der Waals surface area contributed by atoms with E-state index in [1.807, 2.05) is 16.4 Å². The fourth-order valence-corrected chi connectivity index (χ4v) is 3.24. The Kier molecular flexibility index (Phi) is 2.51. The number of thioether (sulfide) groups is 1. The highest BCUT2D eigenvalue weighted by atomic mass is 32.2. The fraction of sp³-hybridized carbons (Fsp3) is 0.364. The van der Waals surface area contributed by atoms with Gasteiger partial charge >= 0.3 is 5.97 Å². The third-order valence-electron chi connectivity index (χ3n) is 2.97. The van der Waals surface area contributed by atoms with Crippen molar-refractivity contribution in [2.24, 2.45) is 0 Å².